The fourth-order valence-corrected chi connectivity index (χ4v) is 3.87. The summed E-state index contributed by atoms with van der Waals surface area (Å²) >= 11 is 7.38. The van der Waals surface area contributed by atoms with E-state index in [0.29, 0.717) is 31.9 Å². The number of rotatable bonds is 5. The first kappa shape index (κ1) is 19.2. The smallest absolute Gasteiger partial charge is 0.262 e. The first-order chi connectivity index (χ1) is 13.9. The summed E-state index contributed by atoms with van der Waals surface area (Å²) in [6, 6.07) is 11.5. The van der Waals surface area contributed by atoms with Crippen LogP contribution in [0.25, 0.3) is 0 Å². The fourth-order valence-electron chi connectivity index (χ4n) is 2.87. The van der Waals surface area contributed by atoms with Gasteiger partial charge in [0.25, 0.3) is 11.8 Å². The first-order valence-corrected chi connectivity index (χ1v) is 9.70. The van der Waals surface area contributed by atoms with Crippen molar-refractivity contribution in [1.82, 2.24) is 19.7 Å². The number of halogens is 1. The summed E-state index contributed by atoms with van der Waals surface area (Å²) in [5, 5.41) is 11.6. The normalized spacial score (nSPS) is 13.0. The molecule has 146 valence electrons. The number of amides is 3. The number of aryl methyl sites for hydroxylation is 1. The van der Waals surface area contributed by atoms with Crippen molar-refractivity contribution in [3.05, 3.63) is 64.9 Å². The zero-order valence-electron chi connectivity index (χ0n) is 15.1. The lowest BCUT2D eigenvalue weighted by Gasteiger charge is -2.15. The van der Waals surface area contributed by atoms with E-state index >= 15 is 0 Å². The minimum absolute atomic E-state index is 0.298. The topological polar surface area (TPSA) is 97.2 Å². The third-order valence-electron chi connectivity index (χ3n) is 4.27. The molecule has 29 heavy (non-hydrogen) atoms. The average molecular weight is 428 g/mol. The molecular formula is C19H14ClN5O3S. The van der Waals surface area contributed by atoms with Gasteiger partial charge < -0.3 is 9.88 Å². The van der Waals surface area contributed by atoms with Crippen molar-refractivity contribution in [2.24, 2.45) is 7.05 Å². The SMILES string of the molecule is Cn1cnnc1Sc1ccc(Cl)cc1NC(=O)CN1C(=O)c2ccccc2C1=O. The predicted octanol–water partition coefficient (Wildman–Crippen LogP) is 2.85. The third kappa shape index (κ3) is 3.74. The van der Waals surface area contributed by atoms with Crippen LogP contribution < -0.4 is 5.32 Å². The Morgan fingerprint density at radius 2 is 1.83 bits per heavy atom. The Bertz CT molecular complexity index is 1110. The standard InChI is InChI=1S/C19H14ClN5O3S/c1-24-10-21-23-19(24)29-15-7-6-11(20)8-14(15)22-16(26)9-25-17(27)12-4-2-3-5-13(12)18(25)28/h2-8,10H,9H2,1H3,(H,22,26). The molecule has 1 aromatic heterocycles. The van der Waals surface area contributed by atoms with Crippen LogP contribution in [0.5, 0.6) is 0 Å². The van der Waals surface area contributed by atoms with E-state index in [2.05, 4.69) is 15.5 Å². The fraction of sp³-hybridized carbons (Fsp3) is 0.105. The van der Waals surface area contributed by atoms with Crippen LogP contribution in [0.4, 0.5) is 5.69 Å². The Kier molecular flexibility index (Phi) is 5.08. The molecule has 0 saturated carbocycles. The number of anilines is 1. The van der Waals surface area contributed by atoms with Gasteiger partial charge in [-0.05, 0) is 42.1 Å². The van der Waals surface area contributed by atoms with Crippen molar-refractivity contribution >= 4 is 46.8 Å². The number of nitrogens with zero attached hydrogens (tertiary/aromatic N) is 4. The van der Waals surface area contributed by atoms with Gasteiger partial charge in [-0.3, -0.25) is 19.3 Å². The number of hydrogen-bond donors (Lipinski definition) is 1. The molecule has 0 saturated heterocycles. The molecule has 0 bridgehead atoms. The van der Waals surface area contributed by atoms with Gasteiger partial charge in [-0.2, -0.15) is 0 Å². The lowest BCUT2D eigenvalue weighted by molar-refractivity contribution is -0.116. The van der Waals surface area contributed by atoms with Crippen molar-refractivity contribution in [2.45, 2.75) is 10.1 Å². The van der Waals surface area contributed by atoms with E-state index in [4.69, 9.17) is 11.6 Å². The molecule has 8 nitrogen and oxygen atoms in total. The van der Waals surface area contributed by atoms with Gasteiger partial charge in [0.2, 0.25) is 5.91 Å². The Balaban J connectivity index is 1.52. The molecule has 0 radical (unpaired) electrons. The zero-order valence-corrected chi connectivity index (χ0v) is 16.7. The van der Waals surface area contributed by atoms with Crippen molar-refractivity contribution < 1.29 is 14.4 Å². The molecule has 0 fully saturated rings. The van der Waals surface area contributed by atoms with Gasteiger partial charge in [-0.25, -0.2) is 0 Å². The summed E-state index contributed by atoms with van der Waals surface area (Å²) in [6.45, 7) is -0.396. The van der Waals surface area contributed by atoms with E-state index in [-0.39, 0.29) is 0 Å². The number of benzene rings is 2. The number of aromatic nitrogens is 3. The molecule has 0 unspecified atom stereocenters. The lowest BCUT2D eigenvalue weighted by Crippen LogP contribution is -2.37. The van der Waals surface area contributed by atoms with Crippen LogP contribution in [-0.4, -0.2) is 43.9 Å². The van der Waals surface area contributed by atoms with Crippen LogP contribution in [-0.2, 0) is 11.8 Å². The Morgan fingerprint density at radius 3 is 2.45 bits per heavy atom. The van der Waals surface area contributed by atoms with E-state index in [0.717, 1.165) is 4.90 Å². The van der Waals surface area contributed by atoms with Crippen molar-refractivity contribution in [1.29, 1.82) is 0 Å². The largest absolute Gasteiger partial charge is 0.323 e. The van der Waals surface area contributed by atoms with E-state index in [1.165, 1.54) is 11.8 Å². The van der Waals surface area contributed by atoms with E-state index in [1.807, 2.05) is 0 Å². The Labute approximate surface area is 174 Å². The van der Waals surface area contributed by atoms with Crippen LogP contribution in [0.1, 0.15) is 20.7 Å². The van der Waals surface area contributed by atoms with E-state index in [9.17, 15) is 14.4 Å². The highest BCUT2D eigenvalue weighted by atomic mass is 35.5. The second-order valence-corrected chi connectivity index (χ2v) is 7.70. The van der Waals surface area contributed by atoms with Gasteiger partial charge in [-0.1, -0.05) is 23.7 Å². The van der Waals surface area contributed by atoms with Crippen LogP contribution in [0, 0.1) is 0 Å². The van der Waals surface area contributed by atoms with Crippen LogP contribution in [0.15, 0.2) is 58.8 Å². The molecule has 2 aromatic carbocycles. The molecule has 1 aliphatic rings. The molecule has 3 aromatic rings. The molecule has 2 heterocycles. The van der Waals surface area contributed by atoms with Crippen molar-refractivity contribution in [3.8, 4) is 0 Å². The monoisotopic (exact) mass is 427 g/mol. The molecule has 1 aliphatic heterocycles. The maximum atomic E-state index is 12.6. The third-order valence-corrected chi connectivity index (χ3v) is 5.63. The summed E-state index contributed by atoms with van der Waals surface area (Å²) in [5.41, 5.74) is 1.05. The Morgan fingerprint density at radius 1 is 1.14 bits per heavy atom. The molecule has 0 spiro atoms. The summed E-state index contributed by atoms with van der Waals surface area (Å²) in [7, 11) is 1.80. The maximum Gasteiger partial charge on any atom is 0.262 e. The summed E-state index contributed by atoms with van der Waals surface area (Å²) in [5.74, 6) is -1.48. The number of fused-ring (bicyclic) bond motifs is 1. The number of nitrogens with one attached hydrogen (secondary N) is 1. The quantitative estimate of drug-likeness (QED) is 0.629. The summed E-state index contributed by atoms with van der Waals surface area (Å²) in [6.07, 6.45) is 1.57. The van der Waals surface area contributed by atoms with Gasteiger partial charge in [0.05, 0.1) is 16.8 Å². The molecule has 0 aliphatic carbocycles. The van der Waals surface area contributed by atoms with Crippen LogP contribution in [0.3, 0.4) is 0 Å². The maximum absolute atomic E-state index is 12.6. The van der Waals surface area contributed by atoms with Gasteiger partial charge in [0, 0.05) is 17.0 Å². The molecular weight excluding hydrogens is 414 g/mol. The van der Waals surface area contributed by atoms with Crippen molar-refractivity contribution in [2.75, 3.05) is 11.9 Å². The second-order valence-electron chi connectivity index (χ2n) is 6.26. The summed E-state index contributed by atoms with van der Waals surface area (Å²) in [4.78, 5) is 39.1. The minimum Gasteiger partial charge on any atom is -0.323 e. The van der Waals surface area contributed by atoms with Crippen LogP contribution >= 0.6 is 23.4 Å². The highest BCUT2D eigenvalue weighted by molar-refractivity contribution is 7.99. The highest BCUT2D eigenvalue weighted by Gasteiger charge is 2.36. The van der Waals surface area contributed by atoms with Gasteiger partial charge in [0.15, 0.2) is 5.16 Å². The van der Waals surface area contributed by atoms with Gasteiger partial charge in [0.1, 0.15) is 12.9 Å². The zero-order chi connectivity index (χ0) is 20.5. The molecule has 0 atom stereocenters. The highest BCUT2D eigenvalue weighted by Crippen LogP contribution is 2.34. The predicted molar refractivity (Wildman–Crippen MR) is 107 cm³/mol. The number of imide groups is 1. The molecule has 1 N–H and O–H groups in total. The van der Waals surface area contributed by atoms with E-state index < -0.39 is 24.3 Å². The first-order valence-electron chi connectivity index (χ1n) is 8.50. The number of carbonyl (C=O) groups excluding carboxylic acids is 3. The minimum atomic E-state index is -0.512. The average Bonchev–Trinajstić information content (AvgIpc) is 3.21. The van der Waals surface area contributed by atoms with Crippen molar-refractivity contribution in [3.63, 3.8) is 0 Å². The van der Waals surface area contributed by atoms with Gasteiger partial charge in [-0.15, -0.1) is 10.2 Å². The molecule has 3 amide bonds. The van der Waals surface area contributed by atoms with Gasteiger partial charge >= 0.3 is 0 Å². The number of hydrogen-bond acceptors (Lipinski definition) is 6. The summed E-state index contributed by atoms with van der Waals surface area (Å²) < 4.78 is 1.74. The van der Waals surface area contributed by atoms with E-state index in [1.54, 1.807) is 60.4 Å². The number of carbonyl (C=O) groups is 3. The lowest BCUT2D eigenvalue weighted by atomic mass is 10.1. The molecule has 4 rings (SSSR count). The second kappa shape index (κ2) is 7.69. The Hall–Kier alpha value is -3.17. The van der Waals surface area contributed by atoms with Crippen LogP contribution in [0.2, 0.25) is 5.02 Å². The molecule has 10 heteroatoms.